The van der Waals surface area contributed by atoms with Crippen LogP contribution in [0, 0.1) is 15.7 Å². The quantitative estimate of drug-likeness (QED) is 0.436. The Bertz CT molecular complexity index is 345. The van der Waals surface area contributed by atoms with Gasteiger partial charge >= 0.3 is 0 Å². The van der Waals surface area contributed by atoms with Gasteiger partial charge < -0.3 is 0 Å². The number of carbonyl (C=O) groups excluding carboxylic acids is 1. The van der Waals surface area contributed by atoms with Crippen LogP contribution in [0.5, 0.6) is 0 Å². The topological polar surface area (TPSA) is 17.1 Å². The van der Waals surface area contributed by atoms with Gasteiger partial charge in [-0.15, -0.1) is 0 Å². The molecule has 0 aliphatic rings. The maximum Gasteiger partial charge on any atom is 0.236 e. The normalized spacial score (nSPS) is 8.50. The summed E-state index contributed by atoms with van der Waals surface area (Å²) in [6.07, 6.45) is 0. The number of halogens is 2. The highest BCUT2D eigenvalue weighted by molar-refractivity contribution is 14.1. The molecule has 0 saturated carbocycles. The van der Waals surface area contributed by atoms with Crippen molar-refractivity contribution in [3.05, 3.63) is 35.6 Å². The highest BCUT2D eigenvalue weighted by atomic mass is 127. The molecule has 1 aromatic rings. The van der Waals surface area contributed by atoms with E-state index in [0.29, 0.717) is 5.56 Å². The summed E-state index contributed by atoms with van der Waals surface area (Å²) >= 11 is 1.78. The molecule has 0 heterocycles. The summed E-state index contributed by atoms with van der Waals surface area (Å²) < 4.78 is 14.8. The molecule has 0 atom stereocenters. The third kappa shape index (κ3) is 2.31. The first-order chi connectivity index (χ1) is 5.74. The van der Waals surface area contributed by atoms with Gasteiger partial charge in [-0.2, -0.15) is 0 Å². The monoisotopic (exact) mass is 274 g/mol. The van der Waals surface area contributed by atoms with Crippen LogP contribution in [0.25, 0.3) is 0 Å². The molecule has 1 aromatic carbocycles. The van der Waals surface area contributed by atoms with Gasteiger partial charge in [0.2, 0.25) is 5.78 Å². The van der Waals surface area contributed by atoms with E-state index in [1.807, 2.05) is 0 Å². The van der Waals surface area contributed by atoms with Crippen LogP contribution >= 0.6 is 22.6 Å². The Kier molecular flexibility index (Phi) is 3.23. The highest BCUT2D eigenvalue weighted by Crippen LogP contribution is 2.02. The average molecular weight is 274 g/mol. The Morgan fingerprint density at radius 1 is 1.33 bits per heavy atom. The Morgan fingerprint density at radius 3 is 2.42 bits per heavy atom. The van der Waals surface area contributed by atoms with Crippen molar-refractivity contribution in [1.29, 1.82) is 0 Å². The minimum atomic E-state index is -0.353. The van der Waals surface area contributed by atoms with Gasteiger partial charge in [-0.3, -0.25) is 4.79 Å². The molecule has 1 nitrogen and oxygen atoms in total. The fourth-order valence-electron chi connectivity index (χ4n) is 0.716. The van der Waals surface area contributed by atoms with Gasteiger partial charge in [-0.05, 0) is 34.1 Å². The summed E-state index contributed by atoms with van der Waals surface area (Å²) in [7, 11) is 0. The Balaban J connectivity index is 2.95. The fourth-order valence-corrected chi connectivity index (χ4v) is 0.961. The molecule has 0 aliphatic carbocycles. The molecule has 0 aliphatic heterocycles. The van der Waals surface area contributed by atoms with E-state index in [-0.39, 0.29) is 11.6 Å². The first-order valence-electron chi connectivity index (χ1n) is 3.15. The zero-order valence-corrected chi connectivity index (χ0v) is 8.13. The molecule has 0 radical (unpaired) electrons. The van der Waals surface area contributed by atoms with Gasteiger partial charge in [0.05, 0.1) is 0 Å². The van der Waals surface area contributed by atoms with Crippen LogP contribution in [-0.4, -0.2) is 5.78 Å². The van der Waals surface area contributed by atoms with Gasteiger partial charge in [0.15, 0.2) is 0 Å². The average Bonchev–Trinajstić information content (AvgIpc) is 2.06. The van der Waals surface area contributed by atoms with Crippen molar-refractivity contribution in [1.82, 2.24) is 0 Å². The lowest BCUT2D eigenvalue weighted by Crippen LogP contribution is -1.93. The lowest BCUT2D eigenvalue weighted by atomic mass is 10.1. The van der Waals surface area contributed by atoms with Crippen LogP contribution in [-0.2, 0) is 0 Å². The summed E-state index contributed by atoms with van der Waals surface area (Å²) in [6.45, 7) is 0. The molecule has 12 heavy (non-hydrogen) atoms. The predicted molar refractivity (Wildman–Crippen MR) is 52.5 cm³/mol. The number of Topliss-reactive ketones (excluding diaryl/α,β-unsaturated/α-hetero) is 1. The number of rotatable bonds is 1. The summed E-state index contributed by atoms with van der Waals surface area (Å²) in [5.74, 6) is 1.72. The third-order valence-corrected chi connectivity index (χ3v) is 1.54. The molecule has 0 spiro atoms. The van der Waals surface area contributed by atoms with Crippen molar-refractivity contribution in [3.8, 4) is 9.85 Å². The minimum Gasteiger partial charge on any atom is -0.279 e. The van der Waals surface area contributed by atoms with E-state index < -0.39 is 0 Å². The molecule has 3 heteroatoms. The maximum atomic E-state index is 12.4. The smallest absolute Gasteiger partial charge is 0.236 e. The SMILES string of the molecule is O=C(C#CI)c1ccc(F)cc1. The fraction of sp³-hybridized carbons (Fsp3) is 0. The van der Waals surface area contributed by atoms with Gasteiger partial charge in [0.1, 0.15) is 5.82 Å². The van der Waals surface area contributed by atoms with Crippen LogP contribution in [0.4, 0.5) is 4.39 Å². The second-order valence-corrected chi connectivity index (χ2v) is 2.59. The van der Waals surface area contributed by atoms with E-state index in [9.17, 15) is 9.18 Å². The largest absolute Gasteiger partial charge is 0.279 e. The molecule has 0 saturated heterocycles. The summed E-state index contributed by atoms with van der Waals surface area (Å²) in [4.78, 5) is 11.1. The van der Waals surface area contributed by atoms with Crippen LogP contribution in [0.2, 0.25) is 0 Å². The van der Waals surface area contributed by atoms with Crippen LogP contribution in [0.1, 0.15) is 10.4 Å². The second-order valence-electron chi connectivity index (χ2n) is 2.06. The van der Waals surface area contributed by atoms with Crippen LogP contribution in [0.3, 0.4) is 0 Å². The summed E-state index contributed by atoms with van der Waals surface area (Å²) in [6, 6.07) is 5.31. The van der Waals surface area contributed by atoms with Crippen molar-refractivity contribution in [2.75, 3.05) is 0 Å². The van der Waals surface area contributed by atoms with Crippen molar-refractivity contribution in [3.63, 3.8) is 0 Å². The molecule has 1 rings (SSSR count). The summed E-state index contributed by atoms with van der Waals surface area (Å²) in [5.41, 5.74) is 0.417. The highest BCUT2D eigenvalue weighted by Gasteiger charge is 2.00. The molecule has 0 fully saturated rings. The van der Waals surface area contributed by atoms with Crippen molar-refractivity contribution in [2.24, 2.45) is 0 Å². The van der Waals surface area contributed by atoms with Gasteiger partial charge in [-0.1, -0.05) is 0 Å². The third-order valence-electron chi connectivity index (χ3n) is 1.27. The Hall–Kier alpha value is -0.890. The number of hydrogen-bond acceptors (Lipinski definition) is 1. The summed E-state index contributed by atoms with van der Waals surface area (Å²) in [5, 5.41) is 0. The molecule has 0 bridgehead atoms. The lowest BCUT2D eigenvalue weighted by molar-refractivity contribution is 0.105. The molecule has 60 valence electrons. The molecule has 0 unspecified atom stereocenters. The van der Waals surface area contributed by atoms with Gasteiger partial charge in [0.25, 0.3) is 0 Å². The van der Waals surface area contributed by atoms with Crippen molar-refractivity contribution in [2.45, 2.75) is 0 Å². The second kappa shape index (κ2) is 4.21. The predicted octanol–water partition coefficient (Wildman–Crippen LogP) is 2.40. The lowest BCUT2D eigenvalue weighted by Gasteiger charge is -1.91. The first kappa shape index (κ1) is 9.20. The van der Waals surface area contributed by atoms with Crippen LogP contribution in [0.15, 0.2) is 24.3 Å². The number of benzene rings is 1. The van der Waals surface area contributed by atoms with Gasteiger partial charge in [0, 0.05) is 28.2 Å². The van der Waals surface area contributed by atoms with E-state index in [0.717, 1.165) is 0 Å². The number of ketones is 1. The Labute approximate surface area is 83.1 Å². The molecule has 0 amide bonds. The van der Waals surface area contributed by atoms with E-state index in [1.54, 1.807) is 22.6 Å². The minimum absolute atomic E-state index is 0.288. The zero-order chi connectivity index (χ0) is 8.97. The maximum absolute atomic E-state index is 12.4. The standard InChI is InChI=1S/C9H4FIO/c10-8-3-1-7(2-4-8)9(12)5-6-11/h1-4H. The van der Waals surface area contributed by atoms with Crippen LogP contribution < -0.4 is 0 Å². The Morgan fingerprint density at radius 2 is 1.92 bits per heavy atom. The molecular formula is C9H4FIO. The van der Waals surface area contributed by atoms with E-state index in [2.05, 4.69) is 9.85 Å². The zero-order valence-electron chi connectivity index (χ0n) is 5.97. The van der Waals surface area contributed by atoms with Crippen molar-refractivity contribution < 1.29 is 9.18 Å². The van der Waals surface area contributed by atoms with Gasteiger partial charge in [-0.25, -0.2) is 4.39 Å². The first-order valence-corrected chi connectivity index (χ1v) is 4.23. The molecule has 0 aromatic heterocycles. The molecular weight excluding hydrogens is 270 g/mol. The van der Waals surface area contributed by atoms with E-state index in [4.69, 9.17) is 0 Å². The number of hydrogen-bond donors (Lipinski definition) is 0. The molecule has 0 N–H and O–H groups in total. The van der Waals surface area contributed by atoms with Crippen molar-refractivity contribution >= 4 is 28.4 Å². The van der Waals surface area contributed by atoms with E-state index in [1.165, 1.54) is 24.3 Å². The van der Waals surface area contributed by atoms with E-state index >= 15 is 0 Å². The number of carbonyl (C=O) groups is 1.